The first-order valence-electron chi connectivity index (χ1n) is 17.3. The van der Waals surface area contributed by atoms with E-state index in [0.29, 0.717) is 11.4 Å². The SMILES string of the molecule is CCn1nccc1C(=O)N[C@H](c1cn2nc(C[C@H]3C[C@@H](C(F)(F)F)CNC3=O)c(CN3CCN(CC(F)(F)F)C(=O)C3)nc2n1)C1CCC(F)(F)CC1. The Morgan fingerprint density at radius 2 is 1.81 bits per heavy atom. The number of carbonyl (C=O) groups excluding carboxylic acids is 3. The second kappa shape index (κ2) is 14.8. The Kier molecular flexibility index (Phi) is 10.7. The van der Waals surface area contributed by atoms with Crippen molar-refractivity contribution in [3.63, 3.8) is 0 Å². The van der Waals surface area contributed by atoms with Gasteiger partial charge in [0, 0.05) is 64.1 Å². The summed E-state index contributed by atoms with van der Waals surface area (Å²) < 4.78 is 111. The van der Waals surface area contributed by atoms with E-state index in [4.69, 9.17) is 0 Å². The van der Waals surface area contributed by atoms with E-state index in [9.17, 15) is 49.5 Å². The average molecular weight is 763 g/mol. The number of imidazole rings is 1. The van der Waals surface area contributed by atoms with Crippen molar-refractivity contribution >= 4 is 23.5 Å². The lowest BCUT2D eigenvalue weighted by Gasteiger charge is -2.34. The minimum absolute atomic E-state index is 0.0165. The highest BCUT2D eigenvalue weighted by molar-refractivity contribution is 5.92. The first kappa shape index (κ1) is 38.3. The molecular formula is C32H38F8N10O3. The van der Waals surface area contributed by atoms with Crippen LogP contribution in [0.3, 0.4) is 0 Å². The van der Waals surface area contributed by atoms with Gasteiger partial charge in [-0.15, -0.1) is 0 Å². The van der Waals surface area contributed by atoms with Crippen molar-refractivity contribution in [2.45, 2.75) is 82.9 Å². The molecule has 3 aromatic heterocycles. The molecule has 2 aliphatic heterocycles. The lowest BCUT2D eigenvalue weighted by molar-refractivity contribution is -0.183. The van der Waals surface area contributed by atoms with Gasteiger partial charge in [0.05, 0.1) is 41.8 Å². The van der Waals surface area contributed by atoms with Crippen LogP contribution in [0, 0.1) is 17.8 Å². The highest BCUT2D eigenvalue weighted by Crippen LogP contribution is 2.41. The molecule has 3 atom stereocenters. The van der Waals surface area contributed by atoms with Crippen LogP contribution >= 0.6 is 0 Å². The number of piperazine rings is 1. The van der Waals surface area contributed by atoms with Crippen molar-refractivity contribution in [3.8, 4) is 0 Å². The molecule has 53 heavy (non-hydrogen) atoms. The maximum atomic E-state index is 14.2. The van der Waals surface area contributed by atoms with Gasteiger partial charge in [-0.1, -0.05) is 0 Å². The molecular weight excluding hydrogens is 724 g/mol. The molecule has 0 spiro atoms. The van der Waals surface area contributed by atoms with E-state index < -0.39 is 98.7 Å². The molecule has 6 rings (SSSR count). The summed E-state index contributed by atoms with van der Waals surface area (Å²) in [5.41, 5.74) is 0.691. The Hall–Kier alpha value is -4.43. The molecule has 0 bridgehead atoms. The van der Waals surface area contributed by atoms with Crippen LogP contribution in [0.15, 0.2) is 18.5 Å². The van der Waals surface area contributed by atoms with Crippen molar-refractivity contribution in [2.75, 3.05) is 32.7 Å². The third kappa shape index (κ3) is 9.03. The number of hydrogen-bond donors (Lipinski definition) is 2. The number of amides is 3. The number of hydrogen-bond acceptors (Lipinski definition) is 8. The van der Waals surface area contributed by atoms with Crippen LogP contribution in [-0.4, -0.2) is 108 Å². The summed E-state index contributed by atoms with van der Waals surface area (Å²) in [5, 5.41) is 13.9. The molecule has 0 unspecified atom stereocenters. The van der Waals surface area contributed by atoms with Gasteiger partial charge in [-0.05, 0) is 38.2 Å². The summed E-state index contributed by atoms with van der Waals surface area (Å²) in [7, 11) is 0. The molecule has 1 saturated carbocycles. The van der Waals surface area contributed by atoms with Gasteiger partial charge in [-0.3, -0.25) is 24.0 Å². The van der Waals surface area contributed by atoms with Crippen LogP contribution in [0.4, 0.5) is 35.1 Å². The van der Waals surface area contributed by atoms with E-state index in [-0.39, 0.29) is 67.5 Å². The molecule has 3 fully saturated rings. The van der Waals surface area contributed by atoms with Crippen LogP contribution in [0.1, 0.15) is 72.6 Å². The number of aromatic nitrogens is 6. The Balaban J connectivity index is 1.34. The second-order valence-corrected chi connectivity index (χ2v) is 13.9. The first-order valence-corrected chi connectivity index (χ1v) is 17.3. The van der Waals surface area contributed by atoms with Crippen molar-refractivity contribution in [1.82, 2.24) is 49.8 Å². The molecule has 1 aliphatic carbocycles. The van der Waals surface area contributed by atoms with E-state index in [1.54, 1.807) is 6.92 Å². The molecule has 13 nitrogen and oxygen atoms in total. The number of nitrogens with zero attached hydrogens (tertiary/aromatic N) is 8. The first-order chi connectivity index (χ1) is 24.9. The molecule has 2 N–H and O–H groups in total. The van der Waals surface area contributed by atoms with Crippen LogP contribution < -0.4 is 10.6 Å². The van der Waals surface area contributed by atoms with Crippen molar-refractivity contribution in [2.24, 2.45) is 17.8 Å². The largest absolute Gasteiger partial charge is 0.406 e. The minimum Gasteiger partial charge on any atom is -0.355 e. The smallest absolute Gasteiger partial charge is 0.355 e. The zero-order valence-electron chi connectivity index (χ0n) is 28.6. The average Bonchev–Trinajstić information content (AvgIpc) is 3.72. The van der Waals surface area contributed by atoms with Gasteiger partial charge in [0.15, 0.2) is 0 Å². The van der Waals surface area contributed by atoms with Gasteiger partial charge in [0.2, 0.25) is 17.7 Å². The summed E-state index contributed by atoms with van der Waals surface area (Å²) in [6, 6.07) is 0.625. The molecule has 0 aromatic carbocycles. The quantitative estimate of drug-likeness (QED) is 0.298. The Morgan fingerprint density at radius 3 is 2.47 bits per heavy atom. The van der Waals surface area contributed by atoms with E-state index in [2.05, 4.69) is 30.8 Å². The number of nitrogens with one attached hydrogen (secondary N) is 2. The third-order valence-electron chi connectivity index (χ3n) is 10.1. The maximum Gasteiger partial charge on any atom is 0.406 e. The van der Waals surface area contributed by atoms with Gasteiger partial charge in [0.1, 0.15) is 12.2 Å². The maximum absolute atomic E-state index is 14.2. The van der Waals surface area contributed by atoms with Crippen molar-refractivity contribution in [1.29, 1.82) is 0 Å². The van der Waals surface area contributed by atoms with E-state index in [1.165, 1.54) is 32.6 Å². The van der Waals surface area contributed by atoms with Gasteiger partial charge in [0.25, 0.3) is 11.7 Å². The fourth-order valence-corrected chi connectivity index (χ4v) is 7.21. The topological polar surface area (TPSA) is 143 Å². The predicted octanol–water partition coefficient (Wildman–Crippen LogP) is 3.70. The van der Waals surface area contributed by atoms with Gasteiger partial charge >= 0.3 is 12.4 Å². The summed E-state index contributed by atoms with van der Waals surface area (Å²) in [4.78, 5) is 50.3. The number of piperidine rings is 1. The molecule has 5 heterocycles. The Morgan fingerprint density at radius 1 is 1.08 bits per heavy atom. The summed E-state index contributed by atoms with van der Waals surface area (Å²) in [6.45, 7) is -0.601. The Bertz CT molecular complexity index is 1820. The second-order valence-electron chi connectivity index (χ2n) is 13.9. The number of fused-ring (bicyclic) bond motifs is 1. The van der Waals surface area contributed by atoms with E-state index in [0.717, 1.165) is 0 Å². The van der Waals surface area contributed by atoms with Crippen LogP contribution in [-0.2, 0) is 29.1 Å². The molecule has 3 aromatic rings. The van der Waals surface area contributed by atoms with Crippen LogP contribution in [0.5, 0.6) is 0 Å². The van der Waals surface area contributed by atoms with Crippen molar-refractivity contribution in [3.05, 3.63) is 41.2 Å². The summed E-state index contributed by atoms with van der Waals surface area (Å²) in [6.07, 6.45) is -7.80. The molecule has 0 radical (unpaired) electrons. The highest BCUT2D eigenvalue weighted by atomic mass is 19.4. The van der Waals surface area contributed by atoms with E-state index in [1.807, 2.05) is 0 Å². The Labute approximate surface area is 297 Å². The fraction of sp³-hybridized carbons (Fsp3) is 0.656. The number of alkyl halides is 8. The molecule has 3 aliphatic rings. The van der Waals surface area contributed by atoms with Crippen molar-refractivity contribution < 1.29 is 49.5 Å². The third-order valence-corrected chi connectivity index (χ3v) is 10.1. The van der Waals surface area contributed by atoms with E-state index >= 15 is 0 Å². The van der Waals surface area contributed by atoms with Crippen LogP contribution in [0.25, 0.3) is 5.78 Å². The summed E-state index contributed by atoms with van der Waals surface area (Å²) >= 11 is 0. The number of aryl methyl sites for hydroxylation is 1. The minimum atomic E-state index is -4.60. The normalized spacial score (nSPS) is 22.6. The molecule has 290 valence electrons. The highest BCUT2D eigenvalue weighted by Gasteiger charge is 2.45. The molecule has 21 heteroatoms. The zero-order chi connectivity index (χ0) is 38.3. The molecule has 3 amide bonds. The lowest BCUT2D eigenvalue weighted by Crippen LogP contribution is -2.52. The molecule has 2 saturated heterocycles. The summed E-state index contributed by atoms with van der Waals surface area (Å²) in [5.74, 6) is -8.26. The van der Waals surface area contributed by atoms with Gasteiger partial charge in [-0.2, -0.15) is 36.5 Å². The number of rotatable bonds is 10. The predicted molar refractivity (Wildman–Crippen MR) is 168 cm³/mol. The standard InChI is InChI=1S/C32H38F8N10O3/c1-2-49-24(5-8-42-49)28(53)45-26(18-3-6-30(33,34)7-4-18)23-15-50-29(44-23)43-22(14-47-9-10-48(25(51)16-47)17-31(35,36)37)21(46-50)12-19-11-20(32(38,39)40)13-41-27(19)52/h5,8,15,18-20,26H,2-4,6-7,9-14,16-17H2,1H3,(H,41,52)(H,45,53)/t19-,20-,26+/m1/s1. The monoisotopic (exact) mass is 762 g/mol. The lowest BCUT2D eigenvalue weighted by atomic mass is 9.81. The number of carbonyl (C=O) groups is 3. The fourth-order valence-electron chi connectivity index (χ4n) is 7.21. The number of halogens is 8. The van der Waals surface area contributed by atoms with Crippen LogP contribution in [0.2, 0.25) is 0 Å². The zero-order valence-corrected chi connectivity index (χ0v) is 28.6. The van der Waals surface area contributed by atoms with Gasteiger partial charge in [-0.25, -0.2) is 23.3 Å². The van der Waals surface area contributed by atoms with Gasteiger partial charge < -0.3 is 15.5 Å².